The van der Waals surface area contributed by atoms with E-state index in [0.29, 0.717) is 24.7 Å². The van der Waals surface area contributed by atoms with Crippen molar-refractivity contribution in [3.05, 3.63) is 78.2 Å². The van der Waals surface area contributed by atoms with Gasteiger partial charge in [0.05, 0.1) is 19.0 Å². The van der Waals surface area contributed by atoms with Crippen molar-refractivity contribution in [3.8, 4) is 5.75 Å². The lowest BCUT2D eigenvalue weighted by Crippen LogP contribution is -2.26. The van der Waals surface area contributed by atoms with Crippen LogP contribution in [0, 0.1) is 0 Å². The second-order valence-electron chi connectivity index (χ2n) is 5.86. The maximum Gasteiger partial charge on any atom is 0.271 e. The third-order valence-electron chi connectivity index (χ3n) is 3.86. The van der Waals surface area contributed by atoms with Crippen molar-refractivity contribution in [1.29, 1.82) is 0 Å². The van der Waals surface area contributed by atoms with Crippen LogP contribution in [0.4, 0.5) is 11.5 Å². The van der Waals surface area contributed by atoms with Crippen LogP contribution in [0.5, 0.6) is 5.75 Å². The molecule has 3 rings (SSSR count). The second kappa shape index (κ2) is 9.33. The van der Waals surface area contributed by atoms with Gasteiger partial charge in [-0.3, -0.25) is 4.79 Å². The van der Waals surface area contributed by atoms with Crippen LogP contribution in [0.15, 0.2) is 67.0 Å². The summed E-state index contributed by atoms with van der Waals surface area (Å²) in [6.45, 7) is 3.13. The van der Waals surface area contributed by atoms with E-state index in [1.165, 1.54) is 11.8 Å². The second-order valence-corrected chi connectivity index (χ2v) is 5.86. The predicted octanol–water partition coefficient (Wildman–Crippen LogP) is 3.59. The van der Waals surface area contributed by atoms with Crippen molar-refractivity contribution >= 4 is 17.4 Å². The van der Waals surface area contributed by atoms with E-state index >= 15 is 0 Å². The number of aromatic nitrogens is 2. The fraction of sp³-hybridized carbons (Fsp3) is 0.190. The molecule has 0 aliphatic rings. The molecule has 1 amide bonds. The first-order chi connectivity index (χ1) is 13.2. The van der Waals surface area contributed by atoms with Gasteiger partial charge in [0.25, 0.3) is 5.91 Å². The summed E-state index contributed by atoms with van der Waals surface area (Å²) in [6.07, 6.45) is 3.79. The largest absolute Gasteiger partial charge is 0.494 e. The number of anilines is 2. The lowest BCUT2D eigenvalue weighted by molar-refractivity contribution is 0.0949. The first kappa shape index (κ1) is 18.4. The lowest BCUT2D eigenvalue weighted by Gasteiger charge is -2.08. The molecular weight excluding hydrogens is 340 g/mol. The number of benzene rings is 2. The maximum absolute atomic E-state index is 12.2. The number of ether oxygens (including phenoxy) is 1. The van der Waals surface area contributed by atoms with Gasteiger partial charge in [0.15, 0.2) is 0 Å². The van der Waals surface area contributed by atoms with Crippen LogP contribution in [0.3, 0.4) is 0 Å². The van der Waals surface area contributed by atoms with Crippen LogP contribution in [0.1, 0.15) is 23.0 Å². The molecule has 1 heterocycles. The van der Waals surface area contributed by atoms with Crippen LogP contribution in [-0.2, 0) is 6.42 Å². The smallest absolute Gasteiger partial charge is 0.271 e. The number of carbonyl (C=O) groups is 1. The highest BCUT2D eigenvalue weighted by molar-refractivity contribution is 5.92. The first-order valence-electron chi connectivity index (χ1n) is 8.88. The van der Waals surface area contributed by atoms with Crippen molar-refractivity contribution in [2.24, 2.45) is 0 Å². The minimum atomic E-state index is -0.231. The fourth-order valence-electron chi connectivity index (χ4n) is 2.51. The molecule has 0 saturated carbocycles. The van der Waals surface area contributed by atoms with Gasteiger partial charge in [-0.25, -0.2) is 9.97 Å². The molecule has 0 spiro atoms. The molecular formula is C21H22N4O2. The summed E-state index contributed by atoms with van der Waals surface area (Å²) >= 11 is 0. The molecule has 2 aromatic carbocycles. The zero-order valence-corrected chi connectivity index (χ0v) is 15.2. The third kappa shape index (κ3) is 5.54. The number of amides is 1. The van der Waals surface area contributed by atoms with E-state index in [0.717, 1.165) is 17.9 Å². The molecule has 0 aliphatic carbocycles. The Morgan fingerprint density at radius 3 is 2.44 bits per heavy atom. The van der Waals surface area contributed by atoms with Crippen LogP contribution in [-0.4, -0.2) is 29.0 Å². The van der Waals surface area contributed by atoms with Crippen molar-refractivity contribution in [2.45, 2.75) is 13.3 Å². The lowest BCUT2D eigenvalue weighted by atomic mass is 10.1. The number of nitrogens with zero attached hydrogens (tertiary/aromatic N) is 2. The third-order valence-corrected chi connectivity index (χ3v) is 3.86. The van der Waals surface area contributed by atoms with Crippen molar-refractivity contribution in [3.63, 3.8) is 0 Å². The highest BCUT2D eigenvalue weighted by Crippen LogP contribution is 2.18. The Labute approximate surface area is 158 Å². The molecule has 6 nitrogen and oxygen atoms in total. The summed E-state index contributed by atoms with van der Waals surface area (Å²) in [5, 5.41) is 6.00. The number of nitrogens with one attached hydrogen (secondary N) is 2. The van der Waals surface area contributed by atoms with Gasteiger partial charge in [-0.1, -0.05) is 30.3 Å². The standard InChI is InChI=1S/C21H22N4O2/c1-2-27-18-10-8-17(9-11-18)25-20-15-23-19(14-24-20)21(26)22-13-12-16-6-4-3-5-7-16/h3-11,14-15H,2,12-13H2,1H3,(H,22,26)(H,24,25). The van der Waals surface area contributed by atoms with Gasteiger partial charge in [-0.05, 0) is 43.2 Å². The minimum Gasteiger partial charge on any atom is -0.494 e. The molecule has 3 aromatic rings. The predicted molar refractivity (Wildman–Crippen MR) is 105 cm³/mol. The highest BCUT2D eigenvalue weighted by atomic mass is 16.5. The quantitative estimate of drug-likeness (QED) is 0.640. The Balaban J connectivity index is 1.50. The molecule has 6 heteroatoms. The SMILES string of the molecule is CCOc1ccc(Nc2cnc(C(=O)NCCc3ccccc3)cn2)cc1. The van der Waals surface area contributed by atoms with E-state index in [-0.39, 0.29) is 5.91 Å². The van der Waals surface area contributed by atoms with Crippen LogP contribution < -0.4 is 15.4 Å². The van der Waals surface area contributed by atoms with Crippen LogP contribution in [0.25, 0.3) is 0 Å². The molecule has 0 unspecified atom stereocenters. The van der Waals surface area contributed by atoms with E-state index < -0.39 is 0 Å². The average molecular weight is 362 g/mol. The molecule has 0 atom stereocenters. The highest BCUT2D eigenvalue weighted by Gasteiger charge is 2.07. The van der Waals surface area contributed by atoms with E-state index in [4.69, 9.17) is 4.74 Å². The van der Waals surface area contributed by atoms with E-state index in [9.17, 15) is 4.79 Å². The molecule has 0 radical (unpaired) electrons. The fourth-order valence-corrected chi connectivity index (χ4v) is 2.51. The molecule has 0 fully saturated rings. The Hall–Kier alpha value is -3.41. The van der Waals surface area contributed by atoms with Gasteiger partial charge in [-0.15, -0.1) is 0 Å². The van der Waals surface area contributed by atoms with Gasteiger partial charge in [0.2, 0.25) is 0 Å². The molecule has 2 N–H and O–H groups in total. The van der Waals surface area contributed by atoms with Gasteiger partial charge >= 0.3 is 0 Å². The molecule has 0 bridgehead atoms. The van der Waals surface area contributed by atoms with Gasteiger partial charge in [-0.2, -0.15) is 0 Å². The zero-order valence-electron chi connectivity index (χ0n) is 15.2. The molecule has 27 heavy (non-hydrogen) atoms. The van der Waals surface area contributed by atoms with E-state index in [2.05, 4.69) is 20.6 Å². The summed E-state index contributed by atoms with van der Waals surface area (Å²) < 4.78 is 5.41. The summed E-state index contributed by atoms with van der Waals surface area (Å²) in [6, 6.07) is 17.6. The minimum absolute atomic E-state index is 0.231. The topological polar surface area (TPSA) is 76.1 Å². The summed E-state index contributed by atoms with van der Waals surface area (Å²) in [5.74, 6) is 1.16. The monoisotopic (exact) mass is 362 g/mol. The summed E-state index contributed by atoms with van der Waals surface area (Å²) in [7, 11) is 0. The Morgan fingerprint density at radius 2 is 1.78 bits per heavy atom. The van der Waals surface area contributed by atoms with E-state index in [1.54, 1.807) is 6.20 Å². The van der Waals surface area contributed by atoms with Gasteiger partial charge in [0.1, 0.15) is 17.3 Å². The Kier molecular flexibility index (Phi) is 6.35. The number of carbonyl (C=O) groups excluding carboxylic acids is 1. The van der Waals surface area contributed by atoms with Gasteiger partial charge in [0, 0.05) is 12.2 Å². The molecule has 1 aromatic heterocycles. The Bertz CT molecular complexity index is 850. The normalized spacial score (nSPS) is 10.3. The summed E-state index contributed by atoms with van der Waals surface area (Å²) in [5.41, 5.74) is 2.34. The number of hydrogen-bond donors (Lipinski definition) is 2. The van der Waals surface area contributed by atoms with Crippen LogP contribution in [0.2, 0.25) is 0 Å². The Morgan fingerprint density at radius 1 is 1.00 bits per heavy atom. The van der Waals surface area contributed by atoms with Crippen molar-refractivity contribution in [1.82, 2.24) is 15.3 Å². The summed E-state index contributed by atoms with van der Waals surface area (Å²) in [4.78, 5) is 20.6. The molecule has 0 aliphatic heterocycles. The van der Waals surface area contributed by atoms with Gasteiger partial charge < -0.3 is 15.4 Å². The number of hydrogen-bond acceptors (Lipinski definition) is 5. The molecule has 138 valence electrons. The van der Waals surface area contributed by atoms with E-state index in [1.807, 2.05) is 61.5 Å². The first-order valence-corrected chi connectivity index (χ1v) is 8.88. The van der Waals surface area contributed by atoms with Crippen LogP contribution >= 0.6 is 0 Å². The molecule has 0 saturated heterocycles. The van der Waals surface area contributed by atoms with Crippen molar-refractivity contribution in [2.75, 3.05) is 18.5 Å². The van der Waals surface area contributed by atoms with Crippen molar-refractivity contribution < 1.29 is 9.53 Å². The zero-order chi connectivity index (χ0) is 18.9. The average Bonchev–Trinajstić information content (AvgIpc) is 2.71. The number of rotatable bonds is 8. The maximum atomic E-state index is 12.2.